The summed E-state index contributed by atoms with van der Waals surface area (Å²) in [7, 11) is 1.53. The number of nitrogens with one attached hydrogen (secondary N) is 1. The van der Waals surface area contributed by atoms with Crippen molar-refractivity contribution in [2.75, 3.05) is 12.0 Å². The van der Waals surface area contributed by atoms with Gasteiger partial charge in [-0.25, -0.2) is 4.68 Å². The van der Waals surface area contributed by atoms with Gasteiger partial charge in [0.25, 0.3) is 5.91 Å². The lowest BCUT2D eigenvalue weighted by molar-refractivity contribution is -0.127. The minimum Gasteiger partial charge on any atom is -0.497 e. The van der Waals surface area contributed by atoms with Crippen LogP contribution in [0.3, 0.4) is 0 Å². The number of aromatic nitrogens is 3. The van der Waals surface area contributed by atoms with Crippen LogP contribution in [0.25, 0.3) is 11.0 Å². The number of carbonyl (C=O) groups is 2. The van der Waals surface area contributed by atoms with E-state index in [4.69, 9.17) is 13.6 Å². The van der Waals surface area contributed by atoms with Crippen molar-refractivity contribution in [3.63, 3.8) is 0 Å². The molecular weight excluding hydrogens is 462 g/mol. The molecule has 10 nitrogen and oxygen atoms in total. The Morgan fingerprint density at radius 3 is 2.64 bits per heavy atom. The Bertz CT molecular complexity index is 1460. The molecule has 1 N–H and O–H groups in total. The zero-order valence-electron chi connectivity index (χ0n) is 19.4. The van der Waals surface area contributed by atoms with Crippen molar-refractivity contribution >= 4 is 28.5 Å². The predicted octanol–water partition coefficient (Wildman–Crippen LogP) is 3.72. The molecule has 1 atom stereocenters. The molecule has 3 heterocycles. The Labute approximate surface area is 206 Å². The summed E-state index contributed by atoms with van der Waals surface area (Å²) >= 11 is 0. The maximum atomic E-state index is 13.9. The molecule has 0 fully saturated rings. The van der Waals surface area contributed by atoms with Gasteiger partial charge in [0.2, 0.25) is 5.91 Å². The van der Waals surface area contributed by atoms with Crippen molar-refractivity contribution in [3.05, 3.63) is 96.8 Å². The first-order valence-corrected chi connectivity index (χ1v) is 11.2. The number of amides is 2. The van der Waals surface area contributed by atoms with Crippen LogP contribution < -0.4 is 15.0 Å². The second-order valence-electron chi connectivity index (χ2n) is 7.92. The molecular formula is C26H23N5O5. The maximum Gasteiger partial charge on any atom is 0.251 e. The Hall–Kier alpha value is -4.86. The van der Waals surface area contributed by atoms with E-state index in [1.165, 1.54) is 29.2 Å². The molecule has 0 aliphatic heterocycles. The van der Waals surface area contributed by atoms with Crippen molar-refractivity contribution in [1.82, 2.24) is 20.3 Å². The van der Waals surface area contributed by atoms with Gasteiger partial charge < -0.3 is 18.9 Å². The van der Waals surface area contributed by atoms with E-state index in [0.29, 0.717) is 34.0 Å². The van der Waals surface area contributed by atoms with E-state index >= 15 is 0 Å². The van der Waals surface area contributed by atoms with E-state index in [2.05, 4.69) is 15.6 Å². The average Bonchev–Trinajstić information content (AvgIpc) is 3.69. The fourth-order valence-electron chi connectivity index (χ4n) is 3.94. The first-order valence-electron chi connectivity index (χ1n) is 11.2. The van der Waals surface area contributed by atoms with E-state index in [1.54, 1.807) is 48.5 Å². The third-order valence-electron chi connectivity index (χ3n) is 5.64. The molecule has 0 radical (unpaired) electrons. The van der Waals surface area contributed by atoms with Crippen LogP contribution >= 0.6 is 0 Å². The second kappa shape index (κ2) is 10.2. The largest absolute Gasteiger partial charge is 0.497 e. The summed E-state index contributed by atoms with van der Waals surface area (Å²) in [5, 5.41) is 11.1. The van der Waals surface area contributed by atoms with Crippen molar-refractivity contribution in [2.24, 2.45) is 0 Å². The van der Waals surface area contributed by atoms with E-state index in [1.807, 2.05) is 24.3 Å². The zero-order chi connectivity index (χ0) is 24.9. The molecule has 0 aliphatic rings. The lowest BCUT2D eigenvalue weighted by Gasteiger charge is -2.30. The van der Waals surface area contributed by atoms with Crippen molar-refractivity contribution in [2.45, 2.75) is 19.1 Å². The van der Waals surface area contributed by atoms with Gasteiger partial charge in [0.1, 0.15) is 29.3 Å². The third kappa shape index (κ3) is 4.69. The number of carbonyl (C=O) groups excluding carboxylic acids is 2. The SMILES string of the molecule is COc1cccc(N(C(=O)Cn2nnc3ccccc32)[C@@H](C(=O)NCc2ccco2)c2ccco2)c1. The number of benzene rings is 2. The quantitative estimate of drug-likeness (QED) is 0.338. The highest BCUT2D eigenvalue weighted by atomic mass is 16.5. The second-order valence-corrected chi connectivity index (χ2v) is 7.92. The first kappa shape index (κ1) is 22.9. The van der Waals surface area contributed by atoms with Crippen LogP contribution in [0, 0.1) is 0 Å². The minimum atomic E-state index is -1.11. The molecule has 3 aromatic heterocycles. The standard InChI is InChI=1S/C26H23N5O5/c1-34-19-8-4-7-18(15-19)31(24(32)17-30-22-11-3-2-10-21(22)28-29-30)25(23-12-6-14-36-23)26(33)27-16-20-9-5-13-35-20/h2-15,25H,16-17H2,1H3,(H,27,33)/t25-/m1/s1. The summed E-state index contributed by atoms with van der Waals surface area (Å²) in [4.78, 5) is 28.8. The summed E-state index contributed by atoms with van der Waals surface area (Å²) in [5.74, 6) is 0.571. The van der Waals surface area contributed by atoms with Gasteiger partial charge in [-0.3, -0.25) is 14.5 Å². The molecule has 2 amide bonds. The van der Waals surface area contributed by atoms with E-state index in [9.17, 15) is 9.59 Å². The van der Waals surface area contributed by atoms with Crippen LogP contribution in [-0.2, 0) is 22.7 Å². The Morgan fingerprint density at radius 1 is 1.03 bits per heavy atom. The zero-order valence-corrected chi connectivity index (χ0v) is 19.4. The van der Waals surface area contributed by atoms with Crippen LogP contribution in [0.1, 0.15) is 17.6 Å². The Kier molecular flexibility index (Phi) is 6.48. The molecule has 5 rings (SSSR count). The maximum absolute atomic E-state index is 13.9. The van der Waals surface area contributed by atoms with Gasteiger partial charge in [-0.2, -0.15) is 0 Å². The number of rotatable bonds is 9. The average molecular weight is 486 g/mol. The fraction of sp³-hybridized carbons (Fsp3) is 0.154. The monoisotopic (exact) mass is 485 g/mol. The highest BCUT2D eigenvalue weighted by Crippen LogP contribution is 2.31. The third-order valence-corrected chi connectivity index (χ3v) is 5.64. The number of hydrogen-bond donors (Lipinski definition) is 1. The number of methoxy groups -OCH3 is 1. The molecule has 0 aliphatic carbocycles. The lowest BCUT2D eigenvalue weighted by atomic mass is 10.1. The van der Waals surface area contributed by atoms with Crippen molar-refractivity contribution in [3.8, 4) is 5.75 Å². The molecule has 0 unspecified atom stereocenters. The molecule has 5 aromatic rings. The molecule has 0 saturated carbocycles. The summed E-state index contributed by atoms with van der Waals surface area (Å²) in [6, 6.07) is 20.0. The Balaban J connectivity index is 1.53. The molecule has 0 spiro atoms. The van der Waals surface area contributed by atoms with Crippen LogP contribution in [0.2, 0.25) is 0 Å². The number of nitrogens with zero attached hydrogens (tertiary/aromatic N) is 4. The van der Waals surface area contributed by atoms with Crippen LogP contribution in [0.4, 0.5) is 5.69 Å². The first-order chi connectivity index (χ1) is 17.6. The number of ether oxygens (including phenoxy) is 1. The fourth-order valence-corrected chi connectivity index (χ4v) is 3.94. The number of para-hydroxylation sites is 1. The highest BCUT2D eigenvalue weighted by Gasteiger charge is 2.35. The van der Waals surface area contributed by atoms with Gasteiger partial charge >= 0.3 is 0 Å². The topological polar surface area (TPSA) is 116 Å². The molecule has 0 saturated heterocycles. The van der Waals surface area contributed by atoms with Crippen LogP contribution in [-0.4, -0.2) is 33.9 Å². The van der Waals surface area contributed by atoms with Crippen molar-refractivity contribution in [1.29, 1.82) is 0 Å². The minimum absolute atomic E-state index is 0.150. The van der Waals surface area contributed by atoms with Crippen LogP contribution in [0.15, 0.2) is 94.2 Å². The van der Waals surface area contributed by atoms with E-state index in [-0.39, 0.29) is 13.1 Å². The van der Waals surface area contributed by atoms with Gasteiger partial charge in [0, 0.05) is 11.8 Å². The van der Waals surface area contributed by atoms with Crippen molar-refractivity contribution < 1.29 is 23.2 Å². The smallest absolute Gasteiger partial charge is 0.251 e. The summed E-state index contributed by atoms with van der Waals surface area (Å²) < 4.78 is 17.8. The molecule has 2 aromatic carbocycles. The predicted molar refractivity (Wildman–Crippen MR) is 130 cm³/mol. The van der Waals surface area contributed by atoms with E-state index < -0.39 is 17.9 Å². The van der Waals surface area contributed by atoms with Crippen LogP contribution in [0.5, 0.6) is 5.75 Å². The number of anilines is 1. The molecule has 10 heteroatoms. The Morgan fingerprint density at radius 2 is 1.86 bits per heavy atom. The number of furan rings is 2. The number of fused-ring (bicyclic) bond motifs is 1. The number of hydrogen-bond acceptors (Lipinski definition) is 7. The van der Waals surface area contributed by atoms with Gasteiger partial charge in [-0.1, -0.05) is 23.4 Å². The van der Waals surface area contributed by atoms with Gasteiger partial charge in [-0.15, -0.1) is 5.10 Å². The molecule has 36 heavy (non-hydrogen) atoms. The highest BCUT2D eigenvalue weighted by molar-refractivity contribution is 6.01. The molecule has 182 valence electrons. The summed E-state index contributed by atoms with van der Waals surface area (Å²) in [6.07, 6.45) is 2.99. The lowest BCUT2D eigenvalue weighted by Crippen LogP contribution is -2.45. The van der Waals surface area contributed by atoms with Gasteiger partial charge in [0.15, 0.2) is 6.04 Å². The molecule has 0 bridgehead atoms. The van der Waals surface area contributed by atoms with Gasteiger partial charge in [0.05, 0.1) is 31.7 Å². The summed E-state index contributed by atoms with van der Waals surface area (Å²) in [6.45, 7) is -0.00269. The van der Waals surface area contributed by atoms with E-state index in [0.717, 1.165) is 0 Å². The summed E-state index contributed by atoms with van der Waals surface area (Å²) in [5.41, 5.74) is 1.82. The van der Waals surface area contributed by atoms with Gasteiger partial charge in [-0.05, 0) is 48.5 Å². The normalized spacial score (nSPS) is 11.8.